The Hall–Kier alpha value is -1.81. The van der Waals surface area contributed by atoms with Crippen LogP contribution < -0.4 is 4.90 Å². The van der Waals surface area contributed by atoms with Gasteiger partial charge < -0.3 is 4.90 Å². The molecular weight excluding hydrogens is 278 g/mol. The molecule has 21 heavy (non-hydrogen) atoms. The number of anilines is 1. The number of rotatable bonds is 3. The van der Waals surface area contributed by atoms with Gasteiger partial charge in [-0.25, -0.2) is 9.57 Å². The van der Waals surface area contributed by atoms with Gasteiger partial charge in [0.2, 0.25) is 0 Å². The van der Waals surface area contributed by atoms with Crippen molar-refractivity contribution >= 4 is 34.6 Å². The van der Waals surface area contributed by atoms with Gasteiger partial charge in [-0.15, -0.1) is 11.8 Å². The Kier molecular flexibility index (Phi) is 5.02. The van der Waals surface area contributed by atoms with Gasteiger partial charge in [-0.1, -0.05) is 0 Å². The van der Waals surface area contributed by atoms with E-state index >= 15 is 0 Å². The van der Waals surface area contributed by atoms with Crippen molar-refractivity contribution < 1.29 is 4.58 Å². The highest BCUT2D eigenvalue weighted by atomic mass is 32.2. The van der Waals surface area contributed by atoms with Gasteiger partial charge in [0.15, 0.2) is 5.71 Å². The summed E-state index contributed by atoms with van der Waals surface area (Å²) in [5.74, 6) is 0. The summed E-state index contributed by atoms with van der Waals surface area (Å²) in [7, 11) is 8.18. The molecule has 0 saturated carbocycles. The Morgan fingerprint density at radius 3 is 2.24 bits per heavy atom. The molecule has 0 bridgehead atoms. The van der Waals surface area contributed by atoms with Crippen LogP contribution in [0.15, 0.2) is 52.4 Å². The van der Waals surface area contributed by atoms with Crippen molar-refractivity contribution in [2.45, 2.75) is 4.90 Å². The molecular formula is C17H22N3S+. The maximum Gasteiger partial charge on any atom is 0.199 e. The van der Waals surface area contributed by atoms with E-state index in [1.807, 2.05) is 14.1 Å². The molecule has 0 amide bonds. The van der Waals surface area contributed by atoms with E-state index in [0.717, 1.165) is 11.4 Å². The van der Waals surface area contributed by atoms with Gasteiger partial charge in [-0.2, -0.15) is 0 Å². The van der Waals surface area contributed by atoms with Crippen LogP contribution in [0.2, 0.25) is 0 Å². The predicted molar refractivity (Wildman–Crippen MR) is 95.0 cm³/mol. The first-order valence-corrected chi connectivity index (χ1v) is 8.08. The van der Waals surface area contributed by atoms with Crippen molar-refractivity contribution in [1.82, 2.24) is 0 Å². The van der Waals surface area contributed by atoms with E-state index in [2.05, 4.69) is 72.3 Å². The molecule has 3 nitrogen and oxygen atoms in total. The first kappa shape index (κ1) is 15.6. The molecule has 1 aromatic rings. The smallest absolute Gasteiger partial charge is 0.199 e. The highest BCUT2D eigenvalue weighted by Crippen LogP contribution is 2.32. The van der Waals surface area contributed by atoms with E-state index in [4.69, 9.17) is 4.99 Å². The average Bonchev–Trinajstić information content (AvgIpc) is 2.48. The van der Waals surface area contributed by atoms with Gasteiger partial charge in [-0.05, 0) is 36.6 Å². The summed E-state index contributed by atoms with van der Waals surface area (Å²) < 4.78 is 2.09. The Balaban J connectivity index is 2.32. The van der Waals surface area contributed by atoms with Crippen molar-refractivity contribution in [3.05, 3.63) is 42.5 Å². The largest absolute Gasteiger partial charge is 0.378 e. The molecule has 0 heterocycles. The van der Waals surface area contributed by atoms with Crippen LogP contribution in [0, 0.1) is 0 Å². The maximum absolute atomic E-state index is 4.75. The molecule has 1 aromatic carbocycles. The Labute approximate surface area is 131 Å². The highest BCUT2D eigenvalue weighted by molar-refractivity contribution is 7.98. The predicted octanol–water partition coefficient (Wildman–Crippen LogP) is 3.39. The van der Waals surface area contributed by atoms with Crippen molar-refractivity contribution in [3.8, 4) is 0 Å². The summed E-state index contributed by atoms with van der Waals surface area (Å²) in [5, 5.41) is 0. The zero-order valence-electron chi connectivity index (χ0n) is 13.3. The van der Waals surface area contributed by atoms with Crippen LogP contribution in [0.3, 0.4) is 0 Å². The van der Waals surface area contributed by atoms with E-state index in [1.54, 1.807) is 11.8 Å². The standard InChI is InChI=1S/C17H22N3S/c1-19(2)14-8-6-13(7-9-14)18-16-11-10-15(20(3)4)12-17(16)21-5/h6-12H,1-5H3/q+1. The maximum atomic E-state index is 4.75. The van der Waals surface area contributed by atoms with Crippen LogP contribution in [0.25, 0.3) is 0 Å². The van der Waals surface area contributed by atoms with Crippen molar-refractivity contribution in [2.75, 3.05) is 39.3 Å². The van der Waals surface area contributed by atoms with E-state index in [0.29, 0.717) is 0 Å². The van der Waals surface area contributed by atoms with Crippen LogP contribution in [-0.4, -0.2) is 50.4 Å². The number of thioether (sulfide) groups is 1. The lowest BCUT2D eigenvalue weighted by molar-refractivity contribution is -0.462. The number of nitrogens with zero attached hydrogens (tertiary/aromatic N) is 3. The number of benzene rings is 1. The molecule has 0 aliphatic heterocycles. The van der Waals surface area contributed by atoms with Crippen LogP contribution in [0.4, 0.5) is 11.4 Å². The monoisotopic (exact) mass is 300 g/mol. The van der Waals surface area contributed by atoms with Crippen molar-refractivity contribution in [1.29, 1.82) is 0 Å². The van der Waals surface area contributed by atoms with Crippen LogP contribution in [0.5, 0.6) is 0 Å². The number of hydrogen-bond acceptors (Lipinski definition) is 3. The highest BCUT2D eigenvalue weighted by Gasteiger charge is 2.07. The Morgan fingerprint density at radius 2 is 1.71 bits per heavy atom. The zero-order valence-corrected chi connectivity index (χ0v) is 14.1. The second-order valence-electron chi connectivity index (χ2n) is 5.27. The molecule has 0 atom stereocenters. The third-order valence-corrected chi connectivity index (χ3v) is 4.06. The SMILES string of the molecule is CSc1cc(N(C)C)ccc1N=C1C=CC(=[N+](C)C)C=C1. The molecule has 0 unspecified atom stereocenters. The van der Waals surface area contributed by atoms with Gasteiger partial charge in [0.05, 0.1) is 11.4 Å². The molecule has 0 fully saturated rings. The lowest BCUT2D eigenvalue weighted by Gasteiger charge is -2.14. The van der Waals surface area contributed by atoms with Gasteiger partial charge in [0.25, 0.3) is 0 Å². The molecule has 0 radical (unpaired) electrons. The lowest BCUT2D eigenvalue weighted by Crippen LogP contribution is -2.11. The summed E-state index contributed by atoms with van der Waals surface area (Å²) in [5.41, 5.74) is 4.38. The Bertz CT molecular complexity index is 630. The summed E-state index contributed by atoms with van der Waals surface area (Å²) in [6.45, 7) is 0. The normalized spacial score (nSPS) is 13.6. The second-order valence-corrected chi connectivity index (χ2v) is 6.12. The van der Waals surface area contributed by atoms with Crippen LogP contribution >= 0.6 is 11.8 Å². The molecule has 1 aliphatic carbocycles. The third-order valence-electron chi connectivity index (χ3n) is 3.30. The molecule has 0 aromatic heterocycles. The summed E-state index contributed by atoms with van der Waals surface area (Å²) >= 11 is 1.73. The second kappa shape index (κ2) is 6.76. The molecule has 4 heteroatoms. The topological polar surface area (TPSA) is 18.6 Å². The van der Waals surface area contributed by atoms with Gasteiger partial charge in [0.1, 0.15) is 14.1 Å². The van der Waals surface area contributed by atoms with E-state index in [1.165, 1.54) is 16.3 Å². The zero-order chi connectivity index (χ0) is 15.4. The minimum atomic E-state index is 0.980. The van der Waals surface area contributed by atoms with Crippen LogP contribution in [-0.2, 0) is 0 Å². The fourth-order valence-corrected chi connectivity index (χ4v) is 2.56. The molecule has 110 valence electrons. The molecule has 0 N–H and O–H groups in total. The quantitative estimate of drug-likeness (QED) is 0.484. The minimum absolute atomic E-state index is 0.980. The third kappa shape index (κ3) is 3.85. The van der Waals surface area contributed by atoms with E-state index in [9.17, 15) is 0 Å². The first-order valence-electron chi connectivity index (χ1n) is 6.86. The lowest BCUT2D eigenvalue weighted by atomic mass is 10.1. The molecule has 0 spiro atoms. The van der Waals surface area contributed by atoms with Gasteiger partial charge in [-0.3, -0.25) is 0 Å². The average molecular weight is 300 g/mol. The number of hydrogen-bond donors (Lipinski definition) is 0. The van der Waals surface area contributed by atoms with E-state index < -0.39 is 0 Å². The number of aliphatic imine (C=N–C) groups is 1. The van der Waals surface area contributed by atoms with Gasteiger partial charge >= 0.3 is 0 Å². The molecule has 2 rings (SSSR count). The molecule has 0 saturated heterocycles. The van der Waals surface area contributed by atoms with Crippen LogP contribution in [0.1, 0.15) is 0 Å². The van der Waals surface area contributed by atoms with Crippen molar-refractivity contribution in [3.63, 3.8) is 0 Å². The van der Waals surface area contributed by atoms with E-state index in [-0.39, 0.29) is 0 Å². The summed E-state index contributed by atoms with van der Waals surface area (Å²) in [4.78, 5) is 8.05. The molecule has 1 aliphatic rings. The minimum Gasteiger partial charge on any atom is -0.378 e. The first-order chi connectivity index (χ1) is 10.0. The fraction of sp³-hybridized carbons (Fsp3) is 0.294. The summed E-state index contributed by atoms with van der Waals surface area (Å²) in [6.07, 6.45) is 10.4. The summed E-state index contributed by atoms with van der Waals surface area (Å²) in [6, 6.07) is 6.37. The Morgan fingerprint density at radius 1 is 1.05 bits per heavy atom. The van der Waals surface area contributed by atoms with Gasteiger partial charge in [0, 0.05) is 36.8 Å². The number of allylic oxidation sites excluding steroid dienone is 4. The van der Waals surface area contributed by atoms with Crippen molar-refractivity contribution in [2.24, 2.45) is 4.99 Å². The fourth-order valence-electron chi connectivity index (χ4n) is 2.00.